The highest BCUT2D eigenvalue weighted by molar-refractivity contribution is 5.68. The summed E-state index contributed by atoms with van der Waals surface area (Å²) in [5.74, 6) is 0.992. The molecule has 0 bridgehead atoms. The van der Waals surface area contributed by atoms with Crippen molar-refractivity contribution < 1.29 is 19.7 Å². The highest BCUT2D eigenvalue weighted by Crippen LogP contribution is 2.27. The third kappa shape index (κ3) is 6.31. The van der Waals surface area contributed by atoms with Gasteiger partial charge in [-0.25, -0.2) is 9.78 Å². The Morgan fingerprint density at radius 1 is 1.17 bits per heavy atom. The second kappa shape index (κ2) is 9.18. The van der Waals surface area contributed by atoms with Gasteiger partial charge in [-0.15, -0.1) is 0 Å². The highest BCUT2D eigenvalue weighted by Gasteiger charge is 2.26. The van der Waals surface area contributed by atoms with Gasteiger partial charge < -0.3 is 24.8 Å². The van der Waals surface area contributed by atoms with Crippen molar-refractivity contribution in [1.82, 2.24) is 14.9 Å². The Morgan fingerprint density at radius 2 is 1.77 bits per heavy atom. The standard InChI is InChI=1S/C23H35N3O4/c1-22(2,3)20-24-18(14-26(20)7)15-8-10-16(11-9-15)19(28)17(12-13-27)25-21(29)30-23(4,5)6/h8-11,14,17,19,27-28H,12-13H2,1-7H3,(H,25,29)/t17-,19-/m0/s1. The number of aliphatic hydroxyl groups excluding tert-OH is 2. The maximum Gasteiger partial charge on any atom is 0.407 e. The Bertz CT molecular complexity index is 845. The third-order valence-electron chi connectivity index (χ3n) is 4.62. The molecule has 2 aromatic rings. The molecule has 0 unspecified atom stereocenters. The number of amides is 1. The van der Waals surface area contributed by atoms with Crippen molar-refractivity contribution in [3.05, 3.63) is 41.9 Å². The Morgan fingerprint density at radius 3 is 2.23 bits per heavy atom. The maximum absolute atomic E-state index is 12.1. The summed E-state index contributed by atoms with van der Waals surface area (Å²) in [5, 5.41) is 22.8. The molecular formula is C23H35N3O4. The summed E-state index contributed by atoms with van der Waals surface area (Å²) in [4.78, 5) is 16.9. The lowest BCUT2D eigenvalue weighted by Gasteiger charge is -2.26. The minimum Gasteiger partial charge on any atom is -0.444 e. The molecular weight excluding hydrogens is 382 g/mol. The fourth-order valence-electron chi connectivity index (χ4n) is 3.29. The van der Waals surface area contributed by atoms with Gasteiger partial charge in [-0.2, -0.15) is 0 Å². The average molecular weight is 418 g/mol. The number of nitrogens with zero attached hydrogens (tertiary/aromatic N) is 2. The monoisotopic (exact) mass is 417 g/mol. The molecule has 0 saturated heterocycles. The number of rotatable bonds is 6. The topological polar surface area (TPSA) is 96.6 Å². The van der Waals surface area contributed by atoms with Gasteiger partial charge in [0.15, 0.2) is 0 Å². The Balaban J connectivity index is 2.18. The van der Waals surface area contributed by atoms with Gasteiger partial charge >= 0.3 is 6.09 Å². The SMILES string of the molecule is Cn1cc(-c2ccc([C@H](O)[C@H](CCO)NC(=O)OC(C)(C)C)cc2)nc1C(C)(C)C. The Hall–Kier alpha value is -2.38. The van der Waals surface area contributed by atoms with Crippen LogP contribution >= 0.6 is 0 Å². The molecule has 2 rings (SSSR count). The van der Waals surface area contributed by atoms with E-state index in [4.69, 9.17) is 9.72 Å². The number of carbonyl (C=O) groups is 1. The van der Waals surface area contributed by atoms with Crippen LogP contribution in [0.5, 0.6) is 0 Å². The molecule has 1 heterocycles. The van der Waals surface area contributed by atoms with Gasteiger partial charge in [0.25, 0.3) is 0 Å². The van der Waals surface area contributed by atoms with Gasteiger partial charge in [-0.3, -0.25) is 0 Å². The number of imidazole rings is 1. The molecule has 1 aromatic carbocycles. The first-order chi connectivity index (χ1) is 13.8. The van der Waals surface area contributed by atoms with Crippen LogP contribution in [0.25, 0.3) is 11.3 Å². The Kier molecular flexibility index (Phi) is 7.31. The zero-order valence-electron chi connectivity index (χ0n) is 19.1. The van der Waals surface area contributed by atoms with Gasteiger partial charge in [0.1, 0.15) is 11.4 Å². The van der Waals surface area contributed by atoms with Crippen LogP contribution in [-0.2, 0) is 17.2 Å². The molecule has 0 radical (unpaired) electrons. The summed E-state index contributed by atoms with van der Waals surface area (Å²) in [6.07, 6.45) is 0.592. The number of aryl methyl sites for hydroxylation is 1. The zero-order chi connectivity index (χ0) is 22.7. The summed E-state index contributed by atoms with van der Waals surface area (Å²) in [7, 11) is 1.98. The van der Waals surface area contributed by atoms with Gasteiger partial charge in [0, 0.05) is 30.8 Å². The van der Waals surface area contributed by atoms with Crippen LogP contribution in [0.4, 0.5) is 4.79 Å². The third-order valence-corrected chi connectivity index (χ3v) is 4.62. The van der Waals surface area contributed by atoms with Crippen LogP contribution in [0.3, 0.4) is 0 Å². The second-order valence-corrected chi connectivity index (χ2v) is 9.64. The molecule has 0 aliphatic heterocycles. The molecule has 0 saturated carbocycles. The fourth-order valence-corrected chi connectivity index (χ4v) is 3.29. The van der Waals surface area contributed by atoms with E-state index in [0.717, 1.165) is 17.1 Å². The minimum absolute atomic E-state index is 0.0615. The van der Waals surface area contributed by atoms with E-state index in [1.165, 1.54) is 0 Å². The van der Waals surface area contributed by atoms with Crippen LogP contribution in [0.1, 0.15) is 65.5 Å². The second-order valence-electron chi connectivity index (χ2n) is 9.64. The molecule has 7 heteroatoms. The number of carbonyl (C=O) groups excluding carboxylic acids is 1. The molecule has 7 nitrogen and oxygen atoms in total. The first-order valence-corrected chi connectivity index (χ1v) is 10.2. The molecule has 3 N–H and O–H groups in total. The lowest BCUT2D eigenvalue weighted by atomic mass is 9.96. The smallest absolute Gasteiger partial charge is 0.407 e. The number of benzene rings is 1. The van der Waals surface area contributed by atoms with Gasteiger partial charge in [-0.05, 0) is 32.8 Å². The van der Waals surface area contributed by atoms with E-state index >= 15 is 0 Å². The summed E-state index contributed by atoms with van der Waals surface area (Å²) < 4.78 is 7.29. The van der Waals surface area contributed by atoms with Crippen molar-refractivity contribution in [3.63, 3.8) is 0 Å². The molecule has 0 aliphatic rings. The van der Waals surface area contributed by atoms with Crippen molar-refractivity contribution in [1.29, 1.82) is 0 Å². The van der Waals surface area contributed by atoms with E-state index in [1.54, 1.807) is 20.8 Å². The minimum atomic E-state index is -0.979. The van der Waals surface area contributed by atoms with Crippen molar-refractivity contribution >= 4 is 6.09 Å². The van der Waals surface area contributed by atoms with E-state index in [-0.39, 0.29) is 18.4 Å². The van der Waals surface area contributed by atoms with Crippen LogP contribution in [0, 0.1) is 0 Å². The first kappa shape index (κ1) is 23.9. The number of aliphatic hydroxyl groups is 2. The number of nitrogens with one attached hydrogen (secondary N) is 1. The van der Waals surface area contributed by atoms with Crippen LogP contribution in [-0.4, -0.2) is 44.1 Å². The van der Waals surface area contributed by atoms with E-state index < -0.39 is 23.8 Å². The predicted octanol–water partition coefficient (Wildman–Crippen LogP) is 3.69. The Labute approximate surface area is 179 Å². The maximum atomic E-state index is 12.1. The van der Waals surface area contributed by atoms with Crippen LogP contribution < -0.4 is 5.32 Å². The van der Waals surface area contributed by atoms with E-state index in [9.17, 15) is 15.0 Å². The molecule has 0 spiro atoms. The van der Waals surface area contributed by atoms with Crippen molar-refractivity contribution in [2.24, 2.45) is 7.05 Å². The molecule has 1 amide bonds. The number of ether oxygens (including phenoxy) is 1. The summed E-state index contributed by atoms with van der Waals surface area (Å²) >= 11 is 0. The molecule has 0 aliphatic carbocycles. The van der Waals surface area contributed by atoms with Crippen molar-refractivity contribution in [3.8, 4) is 11.3 Å². The zero-order valence-corrected chi connectivity index (χ0v) is 19.1. The van der Waals surface area contributed by atoms with E-state index in [1.807, 2.05) is 42.1 Å². The predicted molar refractivity (Wildman–Crippen MR) is 117 cm³/mol. The lowest BCUT2D eigenvalue weighted by molar-refractivity contribution is 0.0397. The van der Waals surface area contributed by atoms with Crippen molar-refractivity contribution in [2.75, 3.05) is 6.61 Å². The summed E-state index contributed by atoms with van der Waals surface area (Å²) in [6.45, 7) is 11.5. The average Bonchev–Trinajstić information content (AvgIpc) is 3.01. The largest absolute Gasteiger partial charge is 0.444 e. The molecule has 2 atom stereocenters. The molecule has 30 heavy (non-hydrogen) atoms. The van der Waals surface area contributed by atoms with Crippen LogP contribution in [0.2, 0.25) is 0 Å². The number of hydrogen-bond acceptors (Lipinski definition) is 5. The number of alkyl carbamates (subject to hydrolysis) is 1. The first-order valence-electron chi connectivity index (χ1n) is 10.2. The van der Waals surface area contributed by atoms with E-state index in [2.05, 4.69) is 26.1 Å². The fraction of sp³-hybridized carbons (Fsp3) is 0.565. The lowest BCUT2D eigenvalue weighted by Crippen LogP contribution is -2.42. The van der Waals surface area contributed by atoms with Crippen LogP contribution in [0.15, 0.2) is 30.5 Å². The van der Waals surface area contributed by atoms with Gasteiger partial charge in [0.05, 0.1) is 17.8 Å². The van der Waals surface area contributed by atoms with E-state index in [0.29, 0.717) is 5.56 Å². The summed E-state index contributed by atoms with van der Waals surface area (Å²) in [6, 6.07) is 6.75. The van der Waals surface area contributed by atoms with Gasteiger partial charge in [0.2, 0.25) is 0 Å². The normalized spacial score (nSPS) is 14.3. The quantitative estimate of drug-likeness (QED) is 0.666. The molecule has 166 valence electrons. The molecule has 1 aromatic heterocycles. The summed E-state index contributed by atoms with van der Waals surface area (Å²) in [5.41, 5.74) is 1.74. The van der Waals surface area contributed by atoms with Crippen molar-refractivity contribution in [2.45, 2.75) is 71.1 Å². The molecule has 0 fully saturated rings. The number of aromatic nitrogens is 2. The number of hydrogen-bond donors (Lipinski definition) is 3. The van der Waals surface area contributed by atoms with Gasteiger partial charge in [-0.1, -0.05) is 45.0 Å². The highest BCUT2D eigenvalue weighted by atomic mass is 16.6.